The molecule has 3 atom stereocenters. The fraction of sp³-hybridized carbons (Fsp3) is 0.667. The highest BCUT2D eigenvalue weighted by Crippen LogP contribution is 2.32. The van der Waals surface area contributed by atoms with Gasteiger partial charge in [0.25, 0.3) is 0 Å². The SMILES string of the molecule is Cc1cccc(CN2CC3CC(C(=O)NCCN(C)C)C(C2)O3)n1. The lowest BCUT2D eigenvalue weighted by Gasteiger charge is -2.32. The van der Waals surface area contributed by atoms with Gasteiger partial charge in [-0.15, -0.1) is 0 Å². The van der Waals surface area contributed by atoms with Crippen molar-refractivity contribution in [2.45, 2.75) is 32.1 Å². The monoisotopic (exact) mass is 332 g/mol. The predicted molar refractivity (Wildman–Crippen MR) is 92.6 cm³/mol. The normalized spacial score (nSPS) is 26.8. The summed E-state index contributed by atoms with van der Waals surface area (Å²) in [4.78, 5) is 21.5. The smallest absolute Gasteiger partial charge is 0.225 e. The first-order valence-electron chi connectivity index (χ1n) is 8.74. The van der Waals surface area contributed by atoms with Gasteiger partial charge in [0.1, 0.15) is 0 Å². The molecule has 2 fully saturated rings. The number of amides is 1. The molecule has 0 radical (unpaired) electrons. The lowest BCUT2D eigenvalue weighted by molar-refractivity contribution is -0.128. The fourth-order valence-electron chi connectivity index (χ4n) is 3.59. The van der Waals surface area contributed by atoms with Crippen LogP contribution in [-0.2, 0) is 16.1 Å². The summed E-state index contributed by atoms with van der Waals surface area (Å²) in [6.45, 7) is 6.08. The van der Waals surface area contributed by atoms with Crippen molar-refractivity contribution in [3.05, 3.63) is 29.6 Å². The summed E-state index contributed by atoms with van der Waals surface area (Å²) < 4.78 is 6.02. The number of morpholine rings is 1. The third kappa shape index (κ3) is 4.32. The zero-order valence-electron chi connectivity index (χ0n) is 14.9. The zero-order chi connectivity index (χ0) is 17.1. The number of nitrogens with zero attached hydrogens (tertiary/aromatic N) is 3. The Morgan fingerprint density at radius 2 is 2.25 bits per heavy atom. The average molecular weight is 332 g/mol. The minimum absolute atomic E-state index is 0.00733. The second kappa shape index (κ2) is 7.59. The quantitative estimate of drug-likeness (QED) is 0.829. The van der Waals surface area contributed by atoms with Gasteiger partial charge in [-0.2, -0.15) is 0 Å². The van der Waals surface area contributed by atoms with Gasteiger partial charge in [-0.25, -0.2) is 0 Å². The van der Waals surface area contributed by atoms with Crippen LogP contribution in [0.1, 0.15) is 17.8 Å². The summed E-state index contributed by atoms with van der Waals surface area (Å²) in [5, 5.41) is 3.05. The van der Waals surface area contributed by atoms with E-state index in [2.05, 4.69) is 26.2 Å². The summed E-state index contributed by atoms with van der Waals surface area (Å²) in [7, 11) is 4.02. The maximum absolute atomic E-state index is 12.4. The number of aryl methyl sites for hydroxylation is 1. The van der Waals surface area contributed by atoms with Crippen LogP contribution in [0.4, 0.5) is 0 Å². The molecule has 3 rings (SSSR count). The third-order valence-electron chi connectivity index (χ3n) is 4.76. The summed E-state index contributed by atoms with van der Waals surface area (Å²) >= 11 is 0. The topological polar surface area (TPSA) is 57.7 Å². The number of hydrogen-bond donors (Lipinski definition) is 1. The molecule has 3 heterocycles. The highest BCUT2D eigenvalue weighted by molar-refractivity contribution is 5.79. The van der Waals surface area contributed by atoms with E-state index in [1.54, 1.807) is 0 Å². The van der Waals surface area contributed by atoms with E-state index in [9.17, 15) is 4.79 Å². The highest BCUT2D eigenvalue weighted by atomic mass is 16.5. The van der Waals surface area contributed by atoms with Gasteiger partial charge in [0, 0.05) is 38.4 Å². The Balaban J connectivity index is 1.53. The molecule has 132 valence electrons. The van der Waals surface area contributed by atoms with E-state index >= 15 is 0 Å². The fourth-order valence-corrected chi connectivity index (χ4v) is 3.59. The minimum Gasteiger partial charge on any atom is -0.371 e. The van der Waals surface area contributed by atoms with E-state index in [0.29, 0.717) is 6.54 Å². The Labute approximate surface area is 144 Å². The molecule has 0 aromatic carbocycles. The lowest BCUT2D eigenvalue weighted by Crippen LogP contribution is -2.45. The van der Waals surface area contributed by atoms with Crippen LogP contribution in [0.15, 0.2) is 18.2 Å². The van der Waals surface area contributed by atoms with Crippen molar-refractivity contribution >= 4 is 5.91 Å². The van der Waals surface area contributed by atoms with Gasteiger partial charge in [0.05, 0.1) is 23.8 Å². The van der Waals surface area contributed by atoms with Crippen LogP contribution in [0, 0.1) is 12.8 Å². The molecule has 0 spiro atoms. The van der Waals surface area contributed by atoms with Gasteiger partial charge in [0.2, 0.25) is 5.91 Å². The number of carbonyl (C=O) groups excluding carboxylic acids is 1. The van der Waals surface area contributed by atoms with E-state index in [-0.39, 0.29) is 24.0 Å². The molecule has 0 saturated carbocycles. The van der Waals surface area contributed by atoms with Crippen LogP contribution in [0.5, 0.6) is 0 Å². The molecule has 2 aliphatic rings. The number of carbonyl (C=O) groups is 1. The first-order chi connectivity index (χ1) is 11.5. The molecule has 1 N–H and O–H groups in total. The van der Waals surface area contributed by atoms with Crippen LogP contribution in [0.25, 0.3) is 0 Å². The van der Waals surface area contributed by atoms with Gasteiger partial charge in [0.15, 0.2) is 0 Å². The number of aromatic nitrogens is 1. The van der Waals surface area contributed by atoms with E-state index in [4.69, 9.17) is 4.74 Å². The van der Waals surface area contributed by atoms with Gasteiger partial charge in [-0.3, -0.25) is 14.7 Å². The summed E-state index contributed by atoms with van der Waals surface area (Å²) in [5.74, 6) is 0.118. The molecular formula is C18H28N4O2. The van der Waals surface area contributed by atoms with Crippen molar-refractivity contribution in [2.24, 2.45) is 5.92 Å². The zero-order valence-corrected chi connectivity index (χ0v) is 14.9. The first-order valence-corrected chi connectivity index (χ1v) is 8.74. The van der Waals surface area contributed by atoms with E-state index in [0.717, 1.165) is 44.0 Å². The second-order valence-corrected chi connectivity index (χ2v) is 7.20. The van der Waals surface area contributed by atoms with Gasteiger partial charge in [-0.05, 0) is 39.6 Å². The maximum atomic E-state index is 12.4. The van der Waals surface area contributed by atoms with Crippen molar-refractivity contribution in [2.75, 3.05) is 40.3 Å². The summed E-state index contributed by atoms with van der Waals surface area (Å²) in [6.07, 6.45) is 1.00. The number of rotatable bonds is 6. The maximum Gasteiger partial charge on any atom is 0.225 e. The van der Waals surface area contributed by atoms with E-state index in [1.165, 1.54) is 0 Å². The van der Waals surface area contributed by atoms with Crippen LogP contribution < -0.4 is 5.32 Å². The van der Waals surface area contributed by atoms with Crippen LogP contribution >= 0.6 is 0 Å². The standard InChI is InChI=1S/C18H28N4O2/c1-13-5-4-6-14(20-13)10-22-11-15-9-16(17(12-22)24-15)18(23)19-7-8-21(2)3/h4-6,15-17H,7-12H2,1-3H3,(H,19,23). The number of fused-ring (bicyclic) bond motifs is 2. The molecular weight excluding hydrogens is 304 g/mol. The lowest BCUT2D eigenvalue weighted by atomic mass is 9.99. The molecule has 1 aromatic rings. The molecule has 3 unspecified atom stereocenters. The van der Waals surface area contributed by atoms with Gasteiger partial charge < -0.3 is 15.0 Å². The van der Waals surface area contributed by atoms with Crippen LogP contribution in [0.3, 0.4) is 0 Å². The average Bonchev–Trinajstić information content (AvgIpc) is 2.81. The number of likely N-dealkylation sites (tertiary alicyclic amines) is 1. The number of nitrogens with one attached hydrogen (secondary N) is 1. The Bertz CT molecular complexity index is 578. The number of ether oxygens (including phenoxy) is 1. The third-order valence-corrected chi connectivity index (χ3v) is 4.76. The summed E-state index contributed by atoms with van der Waals surface area (Å²) in [6, 6.07) is 6.13. The molecule has 2 aliphatic heterocycles. The molecule has 6 heteroatoms. The molecule has 2 bridgehead atoms. The first kappa shape index (κ1) is 17.3. The predicted octanol–water partition coefficient (Wildman–Crippen LogP) is 0.657. The summed E-state index contributed by atoms with van der Waals surface area (Å²) in [5.41, 5.74) is 2.13. The number of likely N-dealkylation sites (N-methyl/N-ethyl adjacent to an activating group) is 1. The van der Waals surface area contributed by atoms with E-state index < -0.39 is 0 Å². The van der Waals surface area contributed by atoms with Gasteiger partial charge in [-0.1, -0.05) is 6.07 Å². The van der Waals surface area contributed by atoms with Gasteiger partial charge >= 0.3 is 0 Å². The second-order valence-electron chi connectivity index (χ2n) is 7.20. The molecule has 1 aromatic heterocycles. The molecule has 1 amide bonds. The largest absolute Gasteiger partial charge is 0.371 e. The van der Waals surface area contributed by atoms with Crippen molar-refractivity contribution < 1.29 is 9.53 Å². The minimum atomic E-state index is -0.0207. The molecule has 6 nitrogen and oxygen atoms in total. The Kier molecular flexibility index (Phi) is 5.48. The van der Waals surface area contributed by atoms with Crippen LogP contribution in [0.2, 0.25) is 0 Å². The van der Waals surface area contributed by atoms with Crippen molar-refractivity contribution in [3.63, 3.8) is 0 Å². The van der Waals surface area contributed by atoms with Crippen molar-refractivity contribution in [1.82, 2.24) is 20.1 Å². The van der Waals surface area contributed by atoms with Crippen molar-refractivity contribution in [1.29, 1.82) is 0 Å². The van der Waals surface area contributed by atoms with Crippen LogP contribution in [-0.4, -0.2) is 73.2 Å². The molecule has 0 aliphatic carbocycles. The van der Waals surface area contributed by atoms with E-state index in [1.807, 2.05) is 33.2 Å². The molecule has 2 saturated heterocycles. The number of hydrogen-bond acceptors (Lipinski definition) is 5. The van der Waals surface area contributed by atoms with Crippen molar-refractivity contribution in [3.8, 4) is 0 Å². The number of pyridine rings is 1. The Morgan fingerprint density at radius 1 is 1.42 bits per heavy atom. The Morgan fingerprint density at radius 3 is 3.00 bits per heavy atom. The Hall–Kier alpha value is -1.50. The molecule has 24 heavy (non-hydrogen) atoms. The highest BCUT2D eigenvalue weighted by Gasteiger charge is 2.44.